The van der Waals surface area contributed by atoms with Crippen LogP contribution < -0.4 is 0 Å². The molecule has 3 aliphatic carbocycles. The van der Waals surface area contributed by atoms with Crippen molar-refractivity contribution >= 4 is 0 Å². The molecule has 0 spiro atoms. The molecule has 194 valence electrons. The van der Waals surface area contributed by atoms with Gasteiger partial charge in [0.2, 0.25) is 0 Å². The van der Waals surface area contributed by atoms with Crippen LogP contribution in [0.2, 0.25) is 0 Å². The fraction of sp³-hybridized carbons (Fsp3) is 0.800. The van der Waals surface area contributed by atoms with Crippen molar-refractivity contribution in [3.05, 3.63) is 35.5 Å². The molecule has 0 heterocycles. The molecule has 0 aliphatic heterocycles. The van der Waals surface area contributed by atoms with Crippen LogP contribution in [0.4, 0.5) is 0 Å². The number of aliphatic hydroxyl groups excluding tert-OH is 3. The maximum absolute atomic E-state index is 10.7. The first-order valence-corrected chi connectivity index (χ1v) is 13.9. The van der Waals surface area contributed by atoms with Crippen molar-refractivity contribution in [2.24, 2.45) is 29.1 Å². The highest BCUT2D eigenvalue weighted by atomic mass is 16.5. The van der Waals surface area contributed by atoms with E-state index in [4.69, 9.17) is 9.84 Å². The highest BCUT2D eigenvalue weighted by Gasteiger charge is 2.50. The fourth-order valence-corrected chi connectivity index (χ4v) is 7.20. The third-order valence-electron chi connectivity index (χ3n) is 9.17. The van der Waals surface area contributed by atoms with Crippen LogP contribution in [-0.4, -0.2) is 46.8 Å². The Morgan fingerprint density at radius 1 is 1.12 bits per heavy atom. The molecular weight excluding hydrogens is 424 g/mol. The molecule has 3 saturated carbocycles. The van der Waals surface area contributed by atoms with Gasteiger partial charge in [-0.2, -0.15) is 0 Å². The summed E-state index contributed by atoms with van der Waals surface area (Å²) in [6.07, 6.45) is 13.4. The van der Waals surface area contributed by atoms with Gasteiger partial charge >= 0.3 is 0 Å². The molecule has 3 rings (SSSR count). The number of aliphatic hydroxyl groups is 3. The Labute approximate surface area is 208 Å². The van der Waals surface area contributed by atoms with Crippen molar-refractivity contribution in [3.8, 4) is 0 Å². The van der Waals surface area contributed by atoms with Crippen LogP contribution >= 0.6 is 0 Å². The van der Waals surface area contributed by atoms with Crippen molar-refractivity contribution in [2.75, 3.05) is 13.2 Å². The van der Waals surface area contributed by atoms with Crippen LogP contribution in [0.1, 0.15) is 91.9 Å². The van der Waals surface area contributed by atoms with Crippen molar-refractivity contribution in [1.29, 1.82) is 0 Å². The van der Waals surface area contributed by atoms with Crippen LogP contribution in [0.15, 0.2) is 35.5 Å². The summed E-state index contributed by atoms with van der Waals surface area (Å²) in [5.41, 5.74) is 3.53. The van der Waals surface area contributed by atoms with E-state index < -0.39 is 18.3 Å². The third kappa shape index (κ3) is 6.24. The monoisotopic (exact) mass is 474 g/mol. The van der Waals surface area contributed by atoms with Gasteiger partial charge in [0, 0.05) is 19.6 Å². The maximum Gasteiger partial charge on any atom is 0.114 e. The highest BCUT2D eigenvalue weighted by molar-refractivity contribution is 5.40. The zero-order chi connectivity index (χ0) is 24.9. The predicted molar refractivity (Wildman–Crippen MR) is 139 cm³/mol. The van der Waals surface area contributed by atoms with Crippen LogP contribution in [0, 0.1) is 29.1 Å². The van der Waals surface area contributed by atoms with Crippen molar-refractivity contribution in [3.63, 3.8) is 0 Å². The number of hydrogen-bond donors (Lipinski definition) is 3. The lowest BCUT2D eigenvalue weighted by atomic mass is 9.60. The van der Waals surface area contributed by atoms with E-state index in [1.54, 1.807) is 5.57 Å². The van der Waals surface area contributed by atoms with E-state index in [1.165, 1.54) is 44.9 Å². The summed E-state index contributed by atoms with van der Waals surface area (Å²) in [5, 5.41) is 30.3. The first kappa shape index (κ1) is 27.6. The van der Waals surface area contributed by atoms with Gasteiger partial charge in [-0.25, -0.2) is 0 Å². The van der Waals surface area contributed by atoms with E-state index in [1.807, 2.05) is 0 Å². The predicted octanol–water partition coefficient (Wildman–Crippen LogP) is 5.97. The SMILES string of the molecule is C=C1/C(=C\C=C2/CCC[C@]3(C)[C@@H]([C@H](C)CCCC(C)C)CC[C@@H]23)C[C@@H](O)[C@@H](OCCCO)[C@H]1O. The molecule has 3 N–H and O–H groups in total. The average Bonchev–Trinajstić information content (AvgIpc) is 3.15. The van der Waals surface area contributed by atoms with Gasteiger partial charge in [-0.1, -0.05) is 71.3 Å². The molecule has 7 atom stereocenters. The number of rotatable bonds is 10. The zero-order valence-electron chi connectivity index (χ0n) is 22.1. The second-order valence-electron chi connectivity index (χ2n) is 12.0. The summed E-state index contributed by atoms with van der Waals surface area (Å²) in [6.45, 7) is 14.2. The van der Waals surface area contributed by atoms with E-state index >= 15 is 0 Å². The fourth-order valence-electron chi connectivity index (χ4n) is 7.20. The van der Waals surface area contributed by atoms with Crippen molar-refractivity contribution < 1.29 is 20.1 Å². The minimum Gasteiger partial charge on any atom is -0.396 e. The van der Waals surface area contributed by atoms with Crippen LogP contribution in [0.25, 0.3) is 0 Å². The van der Waals surface area contributed by atoms with E-state index in [0.29, 0.717) is 36.4 Å². The third-order valence-corrected chi connectivity index (χ3v) is 9.17. The molecule has 0 aromatic carbocycles. The van der Waals surface area contributed by atoms with E-state index in [9.17, 15) is 10.2 Å². The Balaban J connectivity index is 1.68. The quantitative estimate of drug-likeness (QED) is 0.341. The second-order valence-corrected chi connectivity index (χ2v) is 12.0. The van der Waals surface area contributed by atoms with E-state index in [2.05, 4.69) is 46.4 Å². The molecule has 0 unspecified atom stereocenters. The van der Waals surface area contributed by atoms with Gasteiger partial charge in [0.25, 0.3) is 0 Å². The molecule has 34 heavy (non-hydrogen) atoms. The van der Waals surface area contributed by atoms with Crippen molar-refractivity contribution in [2.45, 2.75) is 110 Å². The van der Waals surface area contributed by atoms with Gasteiger partial charge < -0.3 is 20.1 Å². The van der Waals surface area contributed by atoms with Gasteiger partial charge in [-0.3, -0.25) is 0 Å². The molecule has 0 amide bonds. The lowest BCUT2D eigenvalue weighted by Gasteiger charge is -2.44. The zero-order valence-corrected chi connectivity index (χ0v) is 22.1. The Kier molecular flexibility index (Phi) is 10.0. The lowest BCUT2D eigenvalue weighted by Crippen LogP contribution is -2.45. The standard InChI is InChI=1S/C30H50O4/c1-20(2)9-6-10-21(3)25-14-15-26-23(11-7-16-30(25,26)5)12-13-24-19-27(32)29(28(33)22(24)4)34-18-8-17-31/h12-13,20-21,25-29,31-33H,4,6-11,14-19H2,1-3,5H3/b23-12+,24-13-/t21-,25-,26+,27-,28+,29-,30-/m1/s1. The first-order chi connectivity index (χ1) is 16.2. The smallest absolute Gasteiger partial charge is 0.114 e. The number of hydrogen-bond acceptors (Lipinski definition) is 4. The molecule has 3 fully saturated rings. The molecule has 0 bridgehead atoms. The van der Waals surface area contributed by atoms with E-state index in [-0.39, 0.29) is 6.61 Å². The summed E-state index contributed by atoms with van der Waals surface area (Å²) >= 11 is 0. The van der Waals surface area contributed by atoms with Crippen molar-refractivity contribution in [1.82, 2.24) is 0 Å². The highest BCUT2D eigenvalue weighted by Crippen LogP contribution is 2.60. The molecule has 0 aromatic rings. The van der Waals surface area contributed by atoms with Gasteiger partial charge in [-0.15, -0.1) is 0 Å². The summed E-state index contributed by atoms with van der Waals surface area (Å²) in [6, 6.07) is 0. The number of allylic oxidation sites excluding steroid dienone is 3. The average molecular weight is 475 g/mol. The molecule has 3 aliphatic rings. The summed E-state index contributed by atoms with van der Waals surface area (Å²) in [4.78, 5) is 0. The topological polar surface area (TPSA) is 69.9 Å². The van der Waals surface area contributed by atoms with Gasteiger partial charge in [0.1, 0.15) is 12.2 Å². The number of ether oxygens (including phenoxy) is 1. The molecular formula is C30H50O4. The minimum atomic E-state index is -0.911. The Bertz CT molecular complexity index is 738. The Hall–Kier alpha value is -0.940. The molecule has 4 heteroatoms. The summed E-state index contributed by atoms with van der Waals surface area (Å²) in [7, 11) is 0. The molecule has 0 saturated heterocycles. The van der Waals surface area contributed by atoms with Crippen LogP contribution in [0.5, 0.6) is 0 Å². The summed E-state index contributed by atoms with van der Waals surface area (Å²) in [5.74, 6) is 3.05. The van der Waals surface area contributed by atoms with E-state index in [0.717, 1.165) is 29.7 Å². The molecule has 0 radical (unpaired) electrons. The Morgan fingerprint density at radius 3 is 2.59 bits per heavy atom. The van der Waals surface area contributed by atoms with Gasteiger partial charge in [-0.05, 0) is 78.8 Å². The number of fused-ring (bicyclic) bond motifs is 1. The minimum absolute atomic E-state index is 0.0379. The maximum atomic E-state index is 10.7. The largest absolute Gasteiger partial charge is 0.396 e. The summed E-state index contributed by atoms with van der Waals surface area (Å²) < 4.78 is 5.64. The Morgan fingerprint density at radius 2 is 1.88 bits per heavy atom. The lowest BCUT2D eigenvalue weighted by molar-refractivity contribution is -0.0968. The first-order valence-electron chi connectivity index (χ1n) is 13.9. The van der Waals surface area contributed by atoms with Crippen LogP contribution in [-0.2, 0) is 4.74 Å². The molecule has 0 aromatic heterocycles. The van der Waals surface area contributed by atoms with Gasteiger partial charge in [0.05, 0.1) is 6.10 Å². The van der Waals surface area contributed by atoms with Crippen LogP contribution in [0.3, 0.4) is 0 Å². The van der Waals surface area contributed by atoms with Gasteiger partial charge in [0.15, 0.2) is 0 Å². The molecule has 4 nitrogen and oxygen atoms in total. The normalized spacial score (nSPS) is 37.5. The second kappa shape index (κ2) is 12.3.